The van der Waals surface area contributed by atoms with Crippen molar-refractivity contribution >= 4 is 17.0 Å². The Morgan fingerprint density at radius 3 is 3.00 bits per heavy atom. The average molecular weight is 248 g/mol. The van der Waals surface area contributed by atoms with Gasteiger partial charge in [-0.05, 0) is 25.0 Å². The van der Waals surface area contributed by atoms with E-state index >= 15 is 0 Å². The number of ether oxygens (including phenoxy) is 1. The van der Waals surface area contributed by atoms with Crippen LogP contribution in [0.2, 0.25) is 0 Å². The van der Waals surface area contributed by atoms with Gasteiger partial charge in [0, 0.05) is 18.9 Å². The Bertz CT molecular complexity index is 548. The predicted octanol–water partition coefficient (Wildman–Crippen LogP) is 2.37. The van der Waals surface area contributed by atoms with E-state index in [9.17, 15) is 4.79 Å². The van der Waals surface area contributed by atoms with E-state index in [0.29, 0.717) is 6.42 Å². The smallest absolute Gasteiger partial charge is 0.303 e. The molecular weight excluding hydrogens is 232 g/mol. The first-order valence-corrected chi connectivity index (χ1v) is 5.93. The number of carboxylic acid groups (broad SMARTS) is 1. The zero-order valence-corrected chi connectivity index (χ0v) is 10.3. The van der Waals surface area contributed by atoms with Gasteiger partial charge in [0.15, 0.2) is 0 Å². The Hall–Kier alpha value is -2.04. The van der Waals surface area contributed by atoms with Crippen molar-refractivity contribution in [3.63, 3.8) is 0 Å². The van der Waals surface area contributed by atoms with Crippen LogP contribution in [-0.2, 0) is 11.2 Å². The van der Waals surface area contributed by atoms with Gasteiger partial charge in [0.05, 0.1) is 18.1 Å². The number of nitrogens with zero attached hydrogens (tertiary/aromatic N) is 1. The molecule has 0 aliphatic rings. The van der Waals surface area contributed by atoms with Gasteiger partial charge in [0.2, 0.25) is 0 Å². The van der Waals surface area contributed by atoms with Gasteiger partial charge in [-0.3, -0.25) is 4.79 Å². The quantitative estimate of drug-likeness (QED) is 0.769. The third-order valence-electron chi connectivity index (χ3n) is 2.79. The lowest BCUT2D eigenvalue weighted by Crippen LogP contribution is -1.95. The Morgan fingerprint density at radius 1 is 1.44 bits per heavy atom. The summed E-state index contributed by atoms with van der Waals surface area (Å²) >= 11 is 0. The average Bonchev–Trinajstić information content (AvgIpc) is 2.75. The fourth-order valence-corrected chi connectivity index (χ4v) is 1.86. The minimum atomic E-state index is -0.746. The van der Waals surface area contributed by atoms with Gasteiger partial charge in [-0.25, -0.2) is 4.98 Å². The standard InChI is InChI=1S/C13H16N2O3/c1-18-9-6-7-10-11(8-9)15-12(14-10)4-2-3-5-13(16)17/h6-8H,2-5H2,1H3,(H,14,15)(H,16,17). The van der Waals surface area contributed by atoms with E-state index in [1.165, 1.54) is 0 Å². The molecule has 1 heterocycles. The zero-order valence-electron chi connectivity index (χ0n) is 10.3. The van der Waals surface area contributed by atoms with E-state index < -0.39 is 5.97 Å². The van der Waals surface area contributed by atoms with Crippen molar-refractivity contribution in [2.45, 2.75) is 25.7 Å². The molecule has 18 heavy (non-hydrogen) atoms. The number of unbranched alkanes of at least 4 members (excludes halogenated alkanes) is 1. The second-order valence-corrected chi connectivity index (χ2v) is 4.17. The highest BCUT2D eigenvalue weighted by molar-refractivity contribution is 5.76. The fourth-order valence-electron chi connectivity index (χ4n) is 1.86. The van der Waals surface area contributed by atoms with E-state index in [1.54, 1.807) is 7.11 Å². The molecule has 0 saturated heterocycles. The number of aliphatic carboxylic acids is 1. The third kappa shape index (κ3) is 3.00. The number of H-pyrrole nitrogens is 1. The van der Waals surface area contributed by atoms with Gasteiger partial charge in [0.1, 0.15) is 11.6 Å². The maximum atomic E-state index is 10.4. The van der Waals surface area contributed by atoms with Crippen LogP contribution in [0.4, 0.5) is 0 Å². The minimum Gasteiger partial charge on any atom is -0.497 e. The van der Waals surface area contributed by atoms with Crippen LogP contribution in [0.3, 0.4) is 0 Å². The van der Waals surface area contributed by atoms with Gasteiger partial charge >= 0.3 is 5.97 Å². The first kappa shape index (κ1) is 12.4. The summed E-state index contributed by atoms with van der Waals surface area (Å²) in [5, 5.41) is 8.55. The monoisotopic (exact) mass is 248 g/mol. The number of hydrogen-bond acceptors (Lipinski definition) is 3. The van der Waals surface area contributed by atoms with Crippen LogP contribution in [0.15, 0.2) is 18.2 Å². The molecule has 0 radical (unpaired) electrons. The molecule has 0 bridgehead atoms. The number of carboxylic acids is 1. The van der Waals surface area contributed by atoms with Gasteiger partial charge in [-0.15, -0.1) is 0 Å². The van der Waals surface area contributed by atoms with Crippen molar-refractivity contribution in [1.29, 1.82) is 0 Å². The molecule has 0 saturated carbocycles. The second kappa shape index (κ2) is 5.53. The first-order chi connectivity index (χ1) is 8.69. The number of carbonyl (C=O) groups is 1. The highest BCUT2D eigenvalue weighted by Gasteiger charge is 2.04. The molecule has 0 aliphatic heterocycles. The molecule has 2 rings (SSSR count). The fraction of sp³-hybridized carbons (Fsp3) is 0.385. The van der Waals surface area contributed by atoms with Gasteiger partial charge in [0.25, 0.3) is 0 Å². The molecule has 0 atom stereocenters. The zero-order chi connectivity index (χ0) is 13.0. The number of methoxy groups -OCH3 is 1. The Kier molecular flexibility index (Phi) is 3.82. The van der Waals surface area contributed by atoms with Crippen LogP contribution >= 0.6 is 0 Å². The number of fused-ring (bicyclic) bond motifs is 1. The molecule has 2 aromatic rings. The van der Waals surface area contributed by atoms with Crippen molar-refractivity contribution in [3.05, 3.63) is 24.0 Å². The molecule has 1 aromatic carbocycles. The van der Waals surface area contributed by atoms with Gasteiger partial charge < -0.3 is 14.8 Å². The number of nitrogens with one attached hydrogen (secondary N) is 1. The normalized spacial score (nSPS) is 10.7. The number of benzene rings is 1. The molecule has 0 unspecified atom stereocenters. The van der Waals surface area contributed by atoms with E-state index in [1.807, 2.05) is 18.2 Å². The minimum absolute atomic E-state index is 0.216. The Morgan fingerprint density at radius 2 is 2.28 bits per heavy atom. The maximum Gasteiger partial charge on any atom is 0.303 e. The molecule has 5 nitrogen and oxygen atoms in total. The molecule has 0 spiro atoms. The van der Waals surface area contributed by atoms with E-state index in [-0.39, 0.29) is 6.42 Å². The number of aromatic nitrogens is 2. The number of aromatic amines is 1. The van der Waals surface area contributed by atoms with E-state index in [0.717, 1.165) is 35.4 Å². The molecule has 96 valence electrons. The summed E-state index contributed by atoms with van der Waals surface area (Å²) in [6, 6.07) is 5.69. The van der Waals surface area contributed by atoms with Crippen LogP contribution < -0.4 is 4.74 Å². The Labute approximate surface area is 105 Å². The summed E-state index contributed by atoms with van der Waals surface area (Å²) in [5.74, 6) is 0.941. The van der Waals surface area contributed by atoms with Crippen LogP contribution in [-0.4, -0.2) is 28.2 Å². The van der Waals surface area contributed by atoms with E-state index in [2.05, 4.69) is 9.97 Å². The summed E-state index contributed by atoms with van der Waals surface area (Å²) in [6.45, 7) is 0. The van der Waals surface area contributed by atoms with Gasteiger partial charge in [-0.1, -0.05) is 0 Å². The summed E-state index contributed by atoms with van der Waals surface area (Å²) < 4.78 is 5.14. The lowest BCUT2D eigenvalue weighted by Gasteiger charge is -1.96. The molecule has 0 aliphatic carbocycles. The lowest BCUT2D eigenvalue weighted by atomic mass is 10.2. The summed E-state index contributed by atoms with van der Waals surface area (Å²) in [5.41, 5.74) is 1.85. The molecule has 0 amide bonds. The van der Waals surface area contributed by atoms with Crippen molar-refractivity contribution in [2.24, 2.45) is 0 Å². The number of rotatable bonds is 6. The van der Waals surface area contributed by atoms with Crippen LogP contribution in [0.25, 0.3) is 11.0 Å². The maximum absolute atomic E-state index is 10.4. The predicted molar refractivity (Wildman–Crippen MR) is 67.8 cm³/mol. The molecule has 1 aromatic heterocycles. The summed E-state index contributed by atoms with van der Waals surface area (Å²) in [7, 11) is 1.63. The summed E-state index contributed by atoms with van der Waals surface area (Å²) in [6.07, 6.45) is 2.48. The Balaban J connectivity index is 1.99. The van der Waals surface area contributed by atoms with Crippen LogP contribution in [0, 0.1) is 0 Å². The second-order valence-electron chi connectivity index (χ2n) is 4.17. The lowest BCUT2D eigenvalue weighted by molar-refractivity contribution is -0.137. The number of aryl methyl sites for hydroxylation is 1. The van der Waals surface area contributed by atoms with E-state index in [4.69, 9.17) is 9.84 Å². The first-order valence-electron chi connectivity index (χ1n) is 5.93. The number of imidazole rings is 1. The highest BCUT2D eigenvalue weighted by atomic mass is 16.5. The third-order valence-corrected chi connectivity index (χ3v) is 2.79. The van der Waals surface area contributed by atoms with Crippen molar-refractivity contribution < 1.29 is 14.6 Å². The highest BCUT2D eigenvalue weighted by Crippen LogP contribution is 2.19. The van der Waals surface area contributed by atoms with Crippen molar-refractivity contribution in [2.75, 3.05) is 7.11 Å². The van der Waals surface area contributed by atoms with Crippen molar-refractivity contribution in [3.8, 4) is 5.75 Å². The van der Waals surface area contributed by atoms with Crippen LogP contribution in [0.5, 0.6) is 5.75 Å². The SMILES string of the molecule is COc1ccc2nc(CCCCC(=O)O)[nH]c2c1. The van der Waals surface area contributed by atoms with Gasteiger partial charge in [-0.2, -0.15) is 0 Å². The molecule has 2 N–H and O–H groups in total. The summed E-state index contributed by atoms with van der Waals surface area (Å²) in [4.78, 5) is 18.1. The largest absolute Gasteiger partial charge is 0.497 e. The number of hydrogen-bond donors (Lipinski definition) is 2. The molecule has 0 fully saturated rings. The van der Waals surface area contributed by atoms with Crippen LogP contribution in [0.1, 0.15) is 25.1 Å². The topological polar surface area (TPSA) is 75.2 Å². The molecular formula is C13H16N2O3. The van der Waals surface area contributed by atoms with Crippen molar-refractivity contribution in [1.82, 2.24) is 9.97 Å². The molecule has 5 heteroatoms.